The highest BCUT2D eigenvalue weighted by atomic mass is 32.2. The summed E-state index contributed by atoms with van der Waals surface area (Å²) in [5, 5.41) is 9.24. The fraction of sp³-hybridized carbons (Fsp3) is 0.875. The normalized spacial score (nSPS) is 34.8. The molecular formula is C16H23FO7S. The van der Waals surface area contributed by atoms with Crippen LogP contribution < -0.4 is 0 Å². The van der Waals surface area contributed by atoms with Crippen molar-refractivity contribution in [1.29, 1.82) is 0 Å². The number of rotatable bonds is 10. The minimum atomic E-state index is -2.49. The third-order valence-electron chi connectivity index (χ3n) is 5.51. The van der Waals surface area contributed by atoms with E-state index in [9.17, 15) is 9.59 Å². The molecule has 6 unspecified atom stereocenters. The molecule has 0 spiro atoms. The molecule has 2 bridgehead atoms. The molecular weight excluding hydrogens is 355 g/mol. The van der Waals surface area contributed by atoms with Crippen LogP contribution in [0.2, 0.25) is 0 Å². The summed E-state index contributed by atoms with van der Waals surface area (Å²) in [5.74, 6) is -1.33. The maximum absolute atomic E-state index is 15.1. The van der Waals surface area contributed by atoms with Crippen LogP contribution in [0.25, 0.3) is 0 Å². The van der Waals surface area contributed by atoms with E-state index in [1.165, 1.54) is 0 Å². The average molecular weight is 378 g/mol. The van der Waals surface area contributed by atoms with Gasteiger partial charge in [0.05, 0.1) is 18.0 Å². The second-order valence-corrected chi connectivity index (χ2v) is 7.99. The van der Waals surface area contributed by atoms with Crippen molar-refractivity contribution < 1.29 is 38.1 Å². The van der Waals surface area contributed by atoms with E-state index >= 15 is 4.39 Å². The number of ether oxygens (including phenoxy) is 2. The Balaban J connectivity index is 1.61. The van der Waals surface area contributed by atoms with Gasteiger partial charge in [-0.25, -0.2) is 14.4 Å². The molecule has 0 aromatic heterocycles. The average Bonchev–Trinajstić information content (AvgIpc) is 3.22. The predicted octanol–water partition coefficient (Wildman–Crippen LogP) is 3.19. The maximum Gasteiger partial charge on any atom is 0.357 e. The highest BCUT2D eigenvalue weighted by Gasteiger charge is 2.64. The predicted molar refractivity (Wildman–Crippen MR) is 84.5 cm³/mol. The van der Waals surface area contributed by atoms with Gasteiger partial charge in [0.25, 0.3) is 5.00 Å². The summed E-state index contributed by atoms with van der Waals surface area (Å²) in [5.41, 5.74) is 0. The van der Waals surface area contributed by atoms with Crippen molar-refractivity contribution in [2.45, 2.75) is 69.1 Å². The summed E-state index contributed by atoms with van der Waals surface area (Å²) in [4.78, 5) is 24.2. The lowest BCUT2D eigenvalue weighted by Gasteiger charge is -2.28. The molecule has 1 heterocycles. The monoisotopic (exact) mass is 378 g/mol. The van der Waals surface area contributed by atoms with Gasteiger partial charge in [-0.05, 0) is 19.3 Å². The number of alkyl halides is 1. The minimum Gasteiger partial charge on any atom is -0.458 e. The van der Waals surface area contributed by atoms with Gasteiger partial charge in [0.15, 0.2) is 0 Å². The molecule has 3 fully saturated rings. The molecule has 25 heavy (non-hydrogen) atoms. The zero-order valence-electron chi connectivity index (χ0n) is 14.0. The minimum absolute atomic E-state index is 0.0275. The molecule has 7 nitrogen and oxygen atoms in total. The van der Waals surface area contributed by atoms with Gasteiger partial charge >= 0.3 is 11.9 Å². The zero-order chi connectivity index (χ0) is 18.0. The Labute approximate surface area is 149 Å². The molecule has 3 rings (SSSR count). The third-order valence-corrected chi connectivity index (χ3v) is 6.27. The van der Waals surface area contributed by atoms with Crippen molar-refractivity contribution in [2.75, 3.05) is 0 Å². The van der Waals surface area contributed by atoms with Gasteiger partial charge in [0, 0.05) is 18.3 Å². The fourth-order valence-corrected chi connectivity index (χ4v) is 4.78. The van der Waals surface area contributed by atoms with E-state index in [1.807, 2.05) is 6.92 Å². The van der Waals surface area contributed by atoms with Crippen LogP contribution in [0.1, 0.15) is 51.9 Å². The molecule has 0 amide bonds. The number of hydrogen-bond donors (Lipinski definition) is 1. The van der Waals surface area contributed by atoms with Crippen molar-refractivity contribution in [3.8, 4) is 0 Å². The van der Waals surface area contributed by atoms with E-state index in [0.717, 1.165) is 25.7 Å². The number of carbonyl (C=O) groups excluding carboxylic acids is 2. The molecule has 6 atom stereocenters. The van der Waals surface area contributed by atoms with Crippen LogP contribution in [0, 0.1) is 17.8 Å². The lowest BCUT2D eigenvalue weighted by molar-refractivity contribution is -0.432. The Morgan fingerprint density at radius 3 is 2.92 bits per heavy atom. The molecule has 142 valence electrons. The number of carbonyl (C=O) groups is 2. The molecule has 2 saturated carbocycles. The first-order chi connectivity index (χ1) is 12.0. The lowest BCUT2D eigenvalue weighted by atomic mass is 9.88. The molecule has 9 heteroatoms. The van der Waals surface area contributed by atoms with Crippen LogP contribution in [0.5, 0.6) is 0 Å². The molecule has 1 N–H and O–H groups in total. The van der Waals surface area contributed by atoms with E-state index in [1.54, 1.807) is 0 Å². The summed E-state index contributed by atoms with van der Waals surface area (Å²) in [6, 6.07) is 0. The van der Waals surface area contributed by atoms with Gasteiger partial charge in [-0.3, -0.25) is 4.79 Å². The van der Waals surface area contributed by atoms with E-state index < -0.39 is 23.2 Å². The Kier molecular flexibility index (Phi) is 5.87. The maximum atomic E-state index is 15.1. The highest BCUT2D eigenvalue weighted by Crippen LogP contribution is 2.55. The summed E-state index contributed by atoms with van der Waals surface area (Å²) in [6.07, 6.45) is 3.34. The number of hydrogen-bond acceptors (Lipinski definition) is 8. The zero-order valence-corrected chi connectivity index (χ0v) is 14.8. The SMILES string of the molecule is CCCCCCC(F)(SOOO)C(=O)OC1C2CC3C(=O)OC1C3C2. The van der Waals surface area contributed by atoms with E-state index in [4.69, 9.17) is 14.7 Å². The van der Waals surface area contributed by atoms with Crippen LogP contribution >= 0.6 is 12.0 Å². The third kappa shape index (κ3) is 3.65. The number of fused-ring (bicyclic) bond motifs is 1. The van der Waals surface area contributed by atoms with E-state index in [0.29, 0.717) is 12.8 Å². The van der Waals surface area contributed by atoms with Crippen LogP contribution in [0.4, 0.5) is 4.39 Å². The van der Waals surface area contributed by atoms with Crippen LogP contribution in [-0.2, 0) is 28.4 Å². The number of unbranched alkanes of at least 4 members (excludes halogenated alkanes) is 3. The molecule has 3 aliphatic rings. The van der Waals surface area contributed by atoms with Crippen LogP contribution in [-0.4, -0.2) is 34.4 Å². The van der Waals surface area contributed by atoms with E-state index in [2.05, 4.69) is 9.37 Å². The molecule has 0 aromatic carbocycles. The Bertz CT molecular complexity index is 519. The Morgan fingerprint density at radius 1 is 1.40 bits per heavy atom. The van der Waals surface area contributed by atoms with Crippen molar-refractivity contribution in [3.05, 3.63) is 0 Å². The first-order valence-electron chi connectivity index (χ1n) is 8.76. The second kappa shape index (κ2) is 7.77. The molecule has 1 aliphatic heterocycles. The lowest BCUT2D eigenvalue weighted by Crippen LogP contribution is -2.41. The summed E-state index contributed by atoms with van der Waals surface area (Å²) >= 11 is 0.0920. The van der Waals surface area contributed by atoms with Crippen molar-refractivity contribution in [2.24, 2.45) is 17.8 Å². The number of halogens is 1. The van der Waals surface area contributed by atoms with Gasteiger partial charge < -0.3 is 9.47 Å². The standard InChI is InChI=1S/C16H23FO7S/c1-2-3-4-5-6-16(17,25-24-23-20)15(19)22-12-9-7-10-11(8-9)14(18)21-13(10)12/h9-13,20H,2-8H2,1H3. The van der Waals surface area contributed by atoms with Gasteiger partial charge in [-0.1, -0.05) is 31.2 Å². The Morgan fingerprint density at radius 2 is 2.20 bits per heavy atom. The van der Waals surface area contributed by atoms with Crippen LogP contribution in [0.3, 0.4) is 0 Å². The second-order valence-electron chi connectivity index (χ2n) is 7.04. The first kappa shape index (κ1) is 18.9. The fourth-order valence-electron chi connectivity index (χ4n) is 4.30. The summed E-state index contributed by atoms with van der Waals surface area (Å²) < 4.78 is 30.0. The summed E-state index contributed by atoms with van der Waals surface area (Å²) in [7, 11) is 0. The molecule has 0 radical (unpaired) electrons. The first-order valence-corrected chi connectivity index (χ1v) is 9.50. The van der Waals surface area contributed by atoms with Gasteiger partial charge in [0.1, 0.15) is 12.2 Å². The molecule has 1 saturated heterocycles. The number of esters is 2. The van der Waals surface area contributed by atoms with Crippen molar-refractivity contribution in [1.82, 2.24) is 0 Å². The Hall–Kier alpha value is -0.900. The topological polar surface area (TPSA) is 91.3 Å². The smallest absolute Gasteiger partial charge is 0.357 e. The summed E-state index contributed by atoms with van der Waals surface area (Å²) in [6.45, 7) is 2.03. The van der Waals surface area contributed by atoms with Gasteiger partial charge in [-0.15, -0.1) is 4.33 Å². The highest BCUT2D eigenvalue weighted by molar-refractivity contribution is 7.96. The largest absolute Gasteiger partial charge is 0.458 e. The van der Waals surface area contributed by atoms with Crippen LogP contribution in [0.15, 0.2) is 0 Å². The molecule has 0 aromatic rings. The van der Waals surface area contributed by atoms with Crippen molar-refractivity contribution in [3.63, 3.8) is 0 Å². The van der Waals surface area contributed by atoms with Gasteiger partial charge in [0.2, 0.25) is 0 Å². The van der Waals surface area contributed by atoms with Gasteiger partial charge in [-0.2, -0.15) is 0 Å². The molecule has 2 aliphatic carbocycles. The van der Waals surface area contributed by atoms with Crippen molar-refractivity contribution >= 4 is 24.0 Å². The quantitative estimate of drug-likeness (QED) is 0.204. The van der Waals surface area contributed by atoms with E-state index in [-0.39, 0.29) is 42.2 Å².